The van der Waals surface area contributed by atoms with Crippen molar-refractivity contribution in [3.63, 3.8) is 0 Å². The summed E-state index contributed by atoms with van der Waals surface area (Å²) in [4.78, 5) is 12.9. The summed E-state index contributed by atoms with van der Waals surface area (Å²) in [5.41, 5.74) is 2.17. The number of benzene rings is 2. The van der Waals surface area contributed by atoms with E-state index in [0.717, 1.165) is 5.56 Å². The highest BCUT2D eigenvalue weighted by Gasteiger charge is 2.29. The van der Waals surface area contributed by atoms with Crippen LogP contribution in [-0.2, 0) is 14.8 Å². The minimum Gasteiger partial charge on any atom is -0.493 e. The molecule has 0 bridgehead atoms. The zero-order valence-corrected chi connectivity index (χ0v) is 18.6. The lowest BCUT2D eigenvalue weighted by atomic mass is 10.1. The zero-order chi connectivity index (χ0) is 22.8. The predicted molar refractivity (Wildman–Crippen MR) is 120 cm³/mol. The van der Waals surface area contributed by atoms with Crippen molar-refractivity contribution in [3.05, 3.63) is 53.6 Å². The summed E-state index contributed by atoms with van der Waals surface area (Å²) in [6, 6.07) is 11.1. The Bertz CT molecular complexity index is 1150. The van der Waals surface area contributed by atoms with Crippen LogP contribution in [-0.4, -0.2) is 33.8 Å². The third-order valence-electron chi connectivity index (χ3n) is 4.54. The molecular formula is C22H25N3O5S. The number of anilines is 1. The van der Waals surface area contributed by atoms with E-state index in [4.69, 9.17) is 14.6 Å². The van der Waals surface area contributed by atoms with Crippen molar-refractivity contribution in [2.45, 2.75) is 25.7 Å². The lowest BCUT2D eigenvalue weighted by Crippen LogP contribution is -2.21. The third kappa shape index (κ3) is 5.12. The van der Waals surface area contributed by atoms with Crippen LogP contribution in [0.25, 0.3) is 6.08 Å². The van der Waals surface area contributed by atoms with Gasteiger partial charge in [0.1, 0.15) is 0 Å². The van der Waals surface area contributed by atoms with Gasteiger partial charge < -0.3 is 9.47 Å². The Labute approximate surface area is 182 Å². The fourth-order valence-electron chi connectivity index (χ4n) is 2.95. The van der Waals surface area contributed by atoms with E-state index >= 15 is 0 Å². The standard InChI is InChI=1S/C22H25N3O5S/c1-14(2)13-30-20-10-5-16(12-21(20)29-4)11-19-15(3)24-25(22(19)26)17-6-8-18(9-7-17)31(23,27)28/h5-12,14H,13H2,1-4H3,(H2,23,27,28)/b19-11-. The van der Waals surface area contributed by atoms with Gasteiger partial charge >= 0.3 is 0 Å². The van der Waals surface area contributed by atoms with Crippen LogP contribution in [0.3, 0.4) is 0 Å². The van der Waals surface area contributed by atoms with Crippen LogP contribution >= 0.6 is 0 Å². The second kappa shape index (κ2) is 8.91. The molecule has 0 spiro atoms. The first-order valence-corrected chi connectivity index (χ1v) is 11.2. The Morgan fingerprint density at radius 1 is 1.13 bits per heavy atom. The zero-order valence-electron chi connectivity index (χ0n) is 17.8. The first-order valence-electron chi connectivity index (χ1n) is 9.65. The number of nitrogens with zero attached hydrogens (tertiary/aromatic N) is 2. The minimum atomic E-state index is -3.81. The molecule has 2 aromatic rings. The lowest BCUT2D eigenvalue weighted by molar-refractivity contribution is -0.114. The second-order valence-corrected chi connectivity index (χ2v) is 9.08. The summed E-state index contributed by atoms with van der Waals surface area (Å²) in [5.74, 6) is 1.27. The number of amides is 1. The van der Waals surface area contributed by atoms with Gasteiger partial charge in [0.25, 0.3) is 5.91 Å². The van der Waals surface area contributed by atoms with Gasteiger partial charge in [0, 0.05) is 0 Å². The van der Waals surface area contributed by atoms with Gasteiger partial charge in [0.05, 0.1) is 35.6 Å². The molecule has 0 radical (unpaired) electrons. The largest absolute Gasteiger partial charge is 0.493 e. The van der Waals surface area contributed by atoms with Crippen LogP contribution in [0.4, 0.5) is 5.69 Å². The fourth-order valence-corrected chi connectivity index (χ4v) is 3.47. The Balaban J connectivity index is 1.86. The molecule has 0 fully saturated rings. The maximum Gasteiger partial charge on any atom is 0.280 e. The number of hydrogen-bond donors (Lipinski definition) is 1. The van der Waals surface area contributed by atoms with E-state index in [1.807, 2.05) is 12.1 Å². The summed E-state index contributed by atoms with van der Waals surface area (Å²) in [7, 11) is -2.25. The quantitative estimate of drug-likeness (QED) is 0.661. The van der Waals surface area contributed by atoms with Gasteiger partial charge in [-0.25, -0.2) is 13.6 Å². The van der Waals surface area contributed by atoms with E-state index in [2.05, 4.69) is 18.9 Å². The monoisotopic (exact) mass is 443 g/mol. The summed E-state index contributed by atoms with van der Waals surface area (Å²) in [5, 5.41) is 10.7. The molecule has 1 aliphatic heterocycles. The molecule has 3 rings (SSSR count). The highest BCUT2D eigenvalue weighted by Crippen LogP contribution is 2.31. The SMILES string of the molecule is COc1cc(/C=C2\C(=O)N(c3ccc(S(N)(=O)=O)cc3)N=C2C)ccc1OCC(C)C. The Hall–Kier alpha value is -3.17. The van der Waals surface area contributed by atoms with Crippen molar-refractivity contribution in [2.24, 2.45) is 16.2 Å². The molecule has 2 N–H and O–H groups in total. The van der Waals surface area contributed by atoms with Gasteiger partial charge in [0.2, 0.25) is 10.0 Å². The molecule has 164 valence electrons. The number of nitrogens with two attached hydrogens (primary N) is 1. The smallest absolute Gasteiger partial charge is 0.280 e. The van der Waals surface area contributed by atoms with Gasteiger partial charge in [0.15, 0.2) is 11.5 Å². The van der Waals surface area contributed by atoms with Crippen molar-refractivity contribution in [3.8, 4) is 11.5 Å². The third-order valence-corrected chi connectivity index (χ3v) is 5.47. The molecule has 0 saturated carbocycles. The van der Waals surface area contributed by atoms with Crippen LogP contribution in [0.5, 0.6) is 11.5 Å². The van der Waals surface area contributed by atoms with E-state index in [1.54, 1.807) is 26.2 Å². The van der Waals surface area contributed by atoms with E-state index in [-0.39, 0.29) is 10.8 Å². The lowest BCUT2D eigenvalue weighted by Gasteiger charge is -2.13. The van der Waals surface area contributed by atoms with E-state index in [9.17, 15) is 13.2 Å². The molecular weight excluding hydrogens is 418 g/mol. The van der Waals surface area contributed by atoms with Gasteiger partial charge in [-0.1, -0.05) is 19.9 Å². The number of methoxy groups -OCH3 is 1. The average molecular weight is 444 g/mol. The molecule has 0 saturated heterocycles. The number of carbonyl (C=O) groups excluding carboxylic acids is 1. The first-order chi connectivity index (χ1) is 14.6. The summed E-state index contributed by atoms with van der Waals surface area (Å²) >= 11 is 0. The summed E-state index contributed by atoms with van der Waals surface area (Å²) < 4.78 is 34.1. The molecule has 0 unspecified atom stereocenters. The van der Waals surface area contributed by atoms with Gasteiger partial charge in [-0.05, 0) is 60.9 Å². The Morgan fingerprint density at radius 3 is 2.39 bits per heavy atom. The molecule has 8 nitrogen and oxygen atoms in total. The molecule has 0 aliphatic carbocycles. The number of hydrogen-bond acceptors (Lipinski definition) is 6. The number of sulfonamides is 1. The van der Waals surface area contributed by atoms with Gasteiger partial charge in [-0.2, -0.15) is 10.1 Å². The normalized spacial score (nSPS) is 15.5. The summed E-state index contributed by atoms with van der Waals surface area (Å²) in [6.45, 7) is 6.43. The molecule has 1 aliphatic rings. The average Bonchev–Trinajstić information content (AvgIpc) is 3.00. The molecule has 2 aromatic carbocycles. The van der Waals surface area contributed by atoms with Crippen molar-refractivity contribution in [2.75, 3.05) is 18.7 Å². The highest BCUT2D eigenvalue weighted by molar-refractivity contribution is 7.89. The maximum atomic E-state index is 12.9. The van der Waals surface area contributed by atoms with Gasteiger partial charge in [-0.3, -0.25) is 4.79 Å². The number of carbonyl (C=O) groups is 1. The molecule has 0 atom stereocenters. The van der Waals surface area contributed by atoms with Crippen molar-refractivity contribution in [1.29, 1.82) is 0 Å². The van der Waals surface area contributed by atoms with Crippen LogP contribution in [0, 0.1) is 5.92 Å². The van der Waals surface area contributed by atoms with Crippen molar-refractivity contribution >= 4 is 33.4 Å². The van der Waals surface area contributed by atoms with Crippen LogP contribution in [0.15, 0.2) is 58.0 Å². The number of rotatable bonds is 7. The summed E-state index contributed by atoms with van der Waals surface area (Å²) in [6.07, 6.45) is 1.73. The predicted octanol–water partition coefficient (Wildman–Crippen LogP) is 3.18. The van der Waals surface area contributed by atoms with Crippen LogP contribution in [0.1, 0.15) is 26.3 Å². The maximum absolute atomic E-state index is 12.9. The molecule has 1 heterocycles. The second-order valence-electron chi connectivity index (χ2n) is 7.51. The van der Waals surface area contributed by atoms with Crippen LogP contribution in [0.2, 0.25) is 0 Å². The molecule has 31 heavy (non-hydrogen) atoms. The highest BCUT2D eigenvalue weighted by atomic mass is 32.2. The number of hydrazone groups is 1. The fraction of sp³-hybridized carbons (Fsp3) is 0.273. The number of primary sulfonamides is 1. The molecule has 0 aromatic heterocycles. The topological polar surface area (TPSA) is 111 Å². The first kappa shape index (κ1) is 22.5. The van der Waals surface area contributed by atoms with Crippen LogP contribution < -0.4 is 19.6 Å². The van der Waals surface area contributed by atoms with Crippen molar-refractivity contribution < 1.29 is 22.7 Å². The van der Waals surface area contributed by atoms with Crippen molar-refractivity contribution in [1.82, 2.24) is 0 Å². The molecule has 9 heteroatoms. The Morgan fingerprint density at radius 2 is 1.81 bits per heavy atom. The Kier molecular flexibility index (Phi) is 6.47. The van der Waals surface area contributed by atoms with Gasteiger partial charge in [-0.15, -0.1) is 0 Å². The van der Waals surface area contributed by atoms with E-state index in [0.29, 0.717) is 41.0 Å². The minimum absolute atomic E-state index is 0.0359. The molecule has 1 amide bonds. The van der Waals surface area contributed by atoms with E-state index < -0.39 is 10.0 Å². The van der Waals surface area contributed by atoms with E-state index in [1.165, 1.54) is 29.3 Å². The number of ether oxygens (including phenoxy) is 2.